The SMILES string of the molecule is Cc1ccccc1C(=O)N1CCN(c2ccc(NC(=O)Nc3cccc(Br)c3)cc2)CC1. The number of anilines is 3. The van der Waals surface area contributed by atoms with E-state index in [4.69, 9.17) is 0 Å². The highest BCUT2D eigenvalue weighted by Gasteiger charge is 2.23. The number of amides is 3. The number of nitrogens with zero attached hydrogens (tertiary/aromatic N) is 2. The minimum Gasteiger partial charge on any atom is -0.368 e. The van der Waals surface area contributed by atoms with Gasteiger partial charge in [-0.2, -0.15) is 0 Å². The number of carbonyl (C=O) groups excluding carboxylic acids is 2. The van der Waals surface area contributed by atoms with Crippen LogP contribution >= 0.6 is 15.9 Å². The predicted molar refractivity (Wildman–Crippen MR) is 133 cm³/mol. The van der Waals surface area contributed by atoms with Crippen molar-refractivity contribution in [2.45, 2.75) is 6.92 Å². The average Bonchev–Trinajstić information content (AvgIpc) is 2.79. The quantitative estimate of drug-likeness (QED) is 0.514. The highest BCUT2D eigenvalue weighted by atomic mass is 79.9. The first kappa shape index (κ1) is 21.9. The zero-order valence-electron chi connectivity index (χ0n) is 17.8. The number of urea groups is 1. The number of rotatable bonds is 4. The highest BCUT2D eigenvalue weighted by molar-refractivity contribution is 9.10. The molecule has 1 heterocycles. The lowest BCUT2D eigenvalue weighted by Gasteiger charge is -2.36. The zero-order valence-corrected chi connectivity index (χ0v) is 19.4. The van der Waals surface area contributed by atoms with Gasteiger partial charge in [-0.1, -0.05) is 40.2 Å². The first-order valence-electron chi connectivity index (χ1n) is 10.5. The Kier molecular flexibility index (Phi) is 6.75. The second kappa shape index (κ2) is 9.87. The number of aryl methyl sites for hydroxylation is 1. The fourth-order valence-electron chi connectivity index (χ4n) is 3.77. The van der Waals surface area contributed by atoms with Gasteiger partial charge in [0.05, 0.1) is 0 Å². The first-order valence-corrected chi connectivity index (χ1v) is 11.3. The van der Waals surface area contributed by atoms with Crippen LogP contribution in [-0.4, -0.2) is 43.0 Å². The lowest BCUT2D eigenvalue weighted by molar-refractivity contribution is 0.0746. The van der Waals surface area contributed by atoms with Crippen LogP contribution in [0.1, 0.15) is 15.9 Å². The molecule has 0 aromatic heterocycles. The van der Waals surface area contributed by atoms with Crippen LogP contribution in [-0.2, 0) is 0 Å². The van der Waals surface area contributed by atoms with E-state index >= 15 is 0 Å². The molecule has 7 heteroatoms. The smallest absolute Gasteiger partial charge is 0.323 e. The van der Waals surface area contributed by atoms with Crippen LogP contribution in [0.3, 0.4) is 0 Å². The predicted octanol–water partition coefficient (Wildman–Crippen LogP) is 5.36. The maximum Gasteiger partial charge on any atom is 0.323 e. The summed E-state index contributed by atoms with van der Waals surface area (Å²) in [6.45, 7) is 4.88. The van der Waals surface area contributed by atoms with Crippen molar-refractivity contribution in [1.82, 2.24) is 4.90 Å². The number of hydrogen-bond acceptors (Lipinski definition) is 3. The van der Waals surface area contributed by atoms with Crippen LogP contribution < -0.4 is 15.5 Å². The second-order valence-electron chi connectivity index (χ2n) is 7.73. The minimum atomic E-state index is -0.292. The van der Waals surface area contributed by atoms with Crippen LogP contribution in [0.4, 0.5) is 21.9 Å². The summed E-state index contributed by atoms with van der Waals surface area (Å²) in [6.07, 6.45) is 0. The van der Waals surface area contributed by atoms with Gasteiger partial charge >= 0.3 is 6.03 Å². The Morgan fingerprint density at radius 1 is 0.812 bits per heavy atom. The van der Waals surface area contributed by atoms with Crippen molar-refractivity contribution in [2.24, 2.45) is 0 Å². The molecule has 0 unspecified atom stereocenters. The molecule has 1 aliphatic heterocycles. The average molecular weight is 493 g/mol. The standard InChI is InChI=1S/C25H25BrN4O2/c1-18-5-2-3-8-23(18)24(31)30-15-13-29(14-16-30)22-11-9-20(10-12-22)27-25(32)28-21-7-4-6-19(26)17-21/h2-12,17H,13-16H2,1H3,(H2,27,28,32). The van der Waals surface area contributed by atoms with Crippen molar-refractivity contribution in [3.05, 3.63) is 88.4 Å². The summed E-state index contributed by atoms with van der Waals surface area (Å²) in [5.41, 5.74) is 4.29. The van der Waals surface area contributed by atoms with Crippen molar-refractivity contribution in [1.29, 1.82) is 0 Å². The molecule has 2 N–H and O–H groups in total. The molecule has 0 aliphatic carbocycles. The van der Waals surface area contributed by atoms with E-state index in [-0.39, 0.29) is 11.9 Å². The number of carbonyl (C=O) groups is 2. The lowest BCUT2D eigenvalue weighted by atomic mass is 10.1. The molecule has 0 atom stereocenters. The van der Waals surface area contributed by atoms with E-state index < -0.39 is 0 Å². The number of benzene rings is 3. The summed E-state index contributed by atoms with van der Waals surface area (Å²) >= 11 is 3.39. The van der Waals surface area contributed by atoms with Crippen LogP contribution in [0.5, 0.6) is 0 Å². The summed E-state index contributed by atoms with van der Waals surface area (Å²) in [5, 5.41) is 5.66. The van der Waals surface area contributed by atoms with E-state index in [9.17, 15) is 9.59 Å². The van der Waals surface area contributed by atoms with Crippen molar-refractivity contribution in [3.8, 4) is 0 Å². The molecule has 0 bridgehead atoms. The molecule has 4 rings (SSSR count). The molecule has 1 saturated heterocycles. The molecular formula is C25H25BrN4O2. The summed E-state index contributed by atoms with van der Waals surface area (Å²) in [5.74, 6) is 0.0961. The van der Waals surface area contributed by atoms with Gasteiger partial charge in [0.15, 0.2) is 0 Å². The third-order valence-corrected chi connectivity index (χ3v) is 6.01. The largest absolute Gasteiger partial charge is 0.368 e. The molecule has 3 amide bonds. The number of halogens is 1. The number of nitrogens with one attached hydrogen (secondary N) is 2. The highest BCUT2D eigenvalue weighted by Crippen LogP contribution is 2.21. The molecule has 0 saturated carbocycles. The van der Waals surface area contributed by atoms with Gasteiger partial charge in [-0.15, -0.1) is 0 Å². The molecule has 1 aliphatic rings. The van der Waals surface area contributed by atoms with Gasteiger partial charge in [-0.05, 0) is 61.0 Å². The van der Waals surface area contributed by atoms with Gasteiger partial charge in [0, 0.05) is 53.3 Å². The van der Waals surface area contributed by atoms with Crippen molar-refractivity contribution in [3.63, 3.8) is 0 Å². The molecule has 164 valence electrons. The molecule has 3 aromatic rings. The van der Waals surface area contributed by atoms with E-state index in [2.05, 4.69) is 31.5 Å². The van der Waals surface area contributed by atoms with Gasteiger partial charge in [0.25, 0.3) is 5.91 Å². The Hall–Kier alpha value is -3.32. The van der Waals surface area contributed by atoms with Crippen LogP contribution in [0, 0.1) is 6.92 Å². The lowest BCUT2D eigenvalue weighted by Crippen LogP contribution is -2.48. The van der Waals surface area contributed by atoms with Crippen LogP contribution in [0.2, 0.25) is 0 Å². The minimum absolute atomic E-state index is 0.0961. The van der Waals surface area contributed by atoms with Gasteiger partial charge < -0.3 is 20.4 Å². The third-order valence-electron chi connectivity index (χ3n) is 5.52. The van der Waals surface area contributed by atoms with E-state index in [0.29, 0.717) is 18.8 Å². The molecule has 3 aromatic carbocycles. The summed E-state index contributed by atoms with van der Waals surface area (Å²) in [4.78, 5) is 29.2. The van der Waals surface area contributed by atoms with Gasteiger partial charge in [-0.3, -0.25) is 4.79 Å². The Labute approximate surface area is 196 Å². The summed E-state index contributed by atoms with van der Waals surface area (Å²) in [6, 6.07) is 22.6. The normalized spacial score (nSPS) is 13.6. The molecular weight excluding hydrogens is 468 g/mol. The molecule has 32 heavy (non-hydrogen) atoms. The zero-order chi connectivity index (χ0) is 22.5. The first-order chi connectivity index (χ1) is 15.5. The molecule has 6 nitrogen and oxygen atoms in total. The van der Waals surface area contributed by atoms with E-state index in [1.165, 1.54) is 0 Å². The van der Waals surface area contributed by atoms with Crippen LogP contribution in [0.25, 0.3) is 0 Å². The summed E-state index contributed by atoms with van der Waals surface area (Å²) < 4.78 is 0.903. The van der Waals surface area contributed by atoms with Gasteiger partial charge in [-0.25, -0.2) is 4.79 Å². The van der Waals surface area contributed by atoms with Gasteiger partial charge in [0.1, 0.15) is 0 Å². The monoisotopic (exact) mass is 492 g/mol. The fourth-order valence-corrected chi connectivity index (χ4v) is 4.17. The number of hydrogen-bond donors (Lipinski definition) is 2. The molecule has 1 fully saturated rings. The van der Waals surface area contributed by atoms with Crippen molar-refractivity contribution in [2.75, 3.05) is 41.7 Å². The Morgan fingerprint density at radius 2 is 1.50 bits per heavy atom. The molecule has 0 spiro atoms. The van der Waals surface area contributed by atoms with E-state index in [1.807, 2.05) is 84.6 Å². The summed E-state index contributed by atoms with van der Waals surface area (Å²) in [7, 11) is 0. The molecule has 0 radical (unpaired) electrons. The number of piperazine rings is 1. The Bertz CT molecular complexity index is 1110. The van der Waals surface area contributed by atoms with Crippen LogP contribution in [0.15, 0.2) is 77.3 Å². The maximum atomic E-state index is 12.8. The van der Waals surface area contributed by atoms with Crippen molar-refractivity contribution >= 4 is 44.9 Å². The second-order valence-corrected chi connectivity index (χ2v) is 8.65. The van der Waals surface area contributed by atoms with E-state index in [0.717, 1.165) is 40.1 Å². The Balaban J connectivity index is 1.30. The third kappa shape index (κ3) is 5.29. The van der Waals surface area contributed by atoms with Crippen molar-refractivity contribution < 1.29 is 9.59 Å². The fraction of sp³-hybridized carbons (Fsp3) is 0.200. The maximum absolute atomic E-state index is 12.8. The Morgan fingerprint density at radius 3 is 2.19 bits per heavy atom. The van der Waals surface area contributed by atoms with E-state index in [1.54, 1.807) is 0 Å². The van der Waals surface area contributed by atoms with Gasteiger partial charge in [0.2, 0.25) is 0 Å². The topological polar surface area (TPSA) is 64.7 Å².